The quantitative estimate of drug-likeness (QED) is 0.875. The summed E-state index contributed by atoms with van der Waals surface area (Å²) in [6.45, 7) is 2.44. The number of hydrogen-bond donors (Lipinski definition) is 1. The molecule has 5 nitrogen and oxygen atoms in total. The zero-order valence-corrected chi connectivity index (χ0v) is 10.3. The fraction of sp³-hybridized carbons (Fsp3) is 0.385. The van der Waals surface area contributed by atoms with Gasteiger partial charge in [0, 0.05) is 11.7 Å². The highest BCUT2D eigenvalue weighted by atomic mass is 16.4. The summed E-state index contributed by atoms with van der Waals surface area (Å²) < 4.78 is 5.58. The number of nitrogens with two attached hydrogens (primary N) is 1. The van der Waals surface area contributed by atoms with E-state index in [4.69, 9.17) is 10.2 Å². The Bertz CT molecular complexity index is 551. The van der Waals surface area contributed by atoms with Crippen LogP contribution in [-0.4, -0.2) is 16.2 Å². The molecule has 18 heavy (non-hydrogen) atoms. The van der Waals surface area contributed by atoms with Crippen LogP contribution in [0.25, 0.3) is 0 Å². The van der Waals surface area contributed by atoms with Crippen molar-refractivity contribution in [3.63, 3.8) is 0 Å². The Morgan fingerprint density at radius 3 is 3.00 bits per heavy atom. The molecule has 0 saturated carbocycles. The standard InChI is InChI=1S/C13H16N4O/c1-9-6-7-10-4-2-3-5-11(10)17(9)13-16-15-12(8-14)18-13/h2-5,9H,6-8,14H2,1H3. The molecule has 1 aromatic heterocycles. The lowest BCUT2D eigenvalue weighted by Gasteiger charge is -2.33. The van der Waals surface area contributed by atoms with Gasteiger partial charge in [0.25, 0.3) is 0 Å². The van der Waals surface area contributed by atoms with Gasteiger partial charge in [-0.1, -0.05) is 23.3 Å². The Balaban J connectivity index is 2.04. The molecule has 0 aliphatic carbocycles. The van der Waals surface area contributed by atoms with Gasteiger partial charge in [0.1, 0.15) is 0 Å². The molecule has 1 atom stereocenters. The molecule has 1 unspecified atom stereocenters. The number of para-hydroxylation sites is 1. The summed E-state index contributed by atoms with van der Waals surface area (Å²) in [7, 11) is 0. The smallest absolute Gasteiger partial charge is 0.323 e. The summed E-state index contributed by atoms with van der Waals surface area (Å²) in [6.07, 6.45) is 2.17. The van der Waals surface area contributed by atoms with Gasteiger partial charge in [-0.15, -0.1) is 5.10 Å². The molecule has 2 heterocycles. The molecule has 0 amide bonds. The fourth-order valence-electron chi connectivity index (χ4n) is 2.40. The van der Waals surface area contributed by atoms with Crippen molar-refractivity contribution < 1.29 is 4.42 Å². The minimum absolute atomic E-state index is 0.275. The van der Waals surface area contributed by atoms with Crippen LogP contribution in [0.1, 0.15) is 24.8 Å². The molecular formula is C13H16N4O. The molecule has 2 N–H and O–H groups in total. The third-order valence-corrected chi connectivity index (χ3v) is 3.36. The van der Waals surface area contributed by atoms with Crippen molar-refractivity contribution in [2.45, 2.75) is 32.4 Å². The molecule has 3 rings (SSSR count). The Morgan fingerprint density at radius 2 is 2.22 bits per heavy atom. The minimum atomic E-state index is 0.275. The highest BCUT2D eigenvalue weighted by Gasteiger charge is 2.27. The highest BCUT2D eigenvalue weighted by Crippen LogP contribution is 2.35. The van der Waals surface area contributed by atoms with Gasteiger partial charge in [0.05, 0.1) is 6.54 Å². The van der Waals surface area contributed by atoms with Crippen LogP contribution >= 0.6 is 0 Å². The van der Waals surface area contributed by atoms with Gasteiger partial charge in [-0.25, -0.2) is 0 Å². The molecule has 1 aliphatic rings. The van der Waals surface area contributed by atoms with E-state index in [0.29, 0.717) is 17.9 Å². The summed E-state index contributed by atoms with van der Waals surface area (Å²) in [5.74, 6) is 0.472. The number of nitrogens with zero attached hydrogens (tertiary/aromatic N) is 3. The molecule has 0 spiro atoms. The summed E-state index contributed by atoms with van der Waals surface area (Å²) in [4.78, 5) is 2.10. The van der Waals surface area contributed by atoms with E-state index in [1.165, 1.54) is 5.56 Å². The van der Waals surface area contributed by atoms with E-state index in [0.717, 1.165) is 18.5 Å². The van der Waals surface area contributed by atoms with Crippen molar-refractivity contribution >= 4 is 11.7 Å². The van der Waals surface area contributed by atoms with Crippen LogP contribution in [0.5, 0.6) is 0 Å². The summed E-state index contributed by atoms with van der Waals surface area (Å²) in [5, 5.41) is 8.02. The molecule has 0 radical (unpaired) electrons. The number of hydrogen-bond acceptors (Lipinski definition) is 5. The third-order valence-electron chi connectivity index (χ3n) is 3.36. The first-order chi connectivity index (χ1) is 8.79. The molecule has 0 fully saturated rings. The number of benzene rings is 1. The zero-order valence-electron chi connectivity index (χ0n) is 10.3. The lowest BCUT2D eigenvalue weighted by molar-refractivity contribution is 0.474. The Labute approximate surface area is 106 Å². The van der Waals surface area contributed by atoms with Crippen molar-refractivity contribution in [2.75, 3.05) is 4.90 Å². The number of fused-ring (bicyclic) bond motifs is 1. The average molecular weight is 244 g/mol. The van der Waals surface area contributed by atoms with Gasteiger partial charge in [0.2, 0.25) is 5.89 Å². The first-order valence-corrected chi connectivity index (χ1v) is 6.19. The predicted octanol–water partition coefficient (Wildman–Crippen LogP) is 2.00. The van der Waals surface area contributed by atoms with Crippen LogP contribution < -0.4 is 10.6 Å². The lowest BCUT2D eigenvalue weighted by Crippen LogP contribution is -2.33. The third kappa shape index (κ3) is 1.76. The zero-order chi connectivity index (χ0) is 12.5. The molecule has 94 valence electrons. The van der Waals surface area contributed by atoms with E-state index >= 15 is 0 Å². The highest BCUT2D eigenvalue weighted by molar-refractivity contribution is 5.63. The van der Waals surface area contributed by atoms with Crippen LogP contribution in [0.4, 0.5) is 11.7 Å². The van der Waals surface area contributed by atoms with Crippen molar-refractivity contribution in [1.29, 1.82) is 0 Å². The second kappa shape index (κ2) is 4.42. The van der Waals surface area contributed by atoms with Gasteiger partial charge in [-0.05, 0) is 31.4 Å². The van der Waals surface area contributed by atoms with Crippen LogP contribution in [0, 0.1) is 0 Å². The number of rotatable bonds is 2. The average Bonchev–Trinajstić information content (AvgIpc) is 2.87. The number of aromatic nitrogens is 2. The summed E-state index contributed by atoms with van der Waals surface area (Å²) in [5.41, 5.74) is 7.99. The van der Waals surface area contributed by atoms with E-state index in [1.54, 1.807) is 0 Å². The Hall–Kier alpha value is -1.88. The van der Waals surface area contributed by atoms with E-state index in [9.17, 15) is 0 Å². The van der Waals surface area contributed by atoms with Gasteiger partial charge in [-0.2, -0.15) is 0 Å². The maximum Gasteiger partial charge on any atom is 0.323 e. The fourth-order valence-corrected chi connectivity index (χ4v) is 2.40. The van der Waals surface area contributed by atoms with Crippen LogP contribution in [0.15, 0.2) is 28.7 Å². The van der Waals surface area contributed by atoms with E-state index in [-0.39, 0.29) is 6.54 Å². The molecule has 2 aromatic rings. The van der Waals surface area contributed by atoms with Crippen LogP contribution in [0.2, 0.25) is 0 Å². The van der Waals surface area contributed by atoms with Crippen molar-refractivity contribution in [1.82, 2.24) is 10.2 Å². The molecular weight excluding hydrogens is 228 g/mol. The topological polar surface area (TPSA) is 68.2 Å². The monoisotopic (exact) mass is 244 g/mol. The Kier molecular flexibility index (Phi) is 2.76. The van der Waals surface area contributed by atoms with Gasteiger partial charge < -0.3 is 10.2 Å². The second-order valence-corrected chi connectivity index (χ2v) is 4.57. The van der Waals surface area contributed by atoms with E-state index in [1.807, 2.05) is 6.07 Å². The number of anilines is 2. The van der Waals surface area contributed by atoms with E-state index < -0.39 is 0 Å². The normalized spacial score (nSPS) is 18.8. The first kappa shape index (κ1) is 11.2. The molecule has 0 bridgehead atoms. The molecule has 0 saturated heterocycles. The number of aryl methyl sites for hydroxylation is 1. The lowest BCUT2D eigenvalue weighted by atomic mass is 9.97. The van der Waals surface area contributed by atoms with Gasteiger partial charge in [-0.3, -0.25) is 4.90 Å². The molecule has 5 heteroatoms. The first-order valence-electron chi connectivity index (χ1n) is 6.19. The predicted molar refractivity (Wildman–Crippen MR) is 68.6 cm³/mol. The van der Waals surface area contributed by atoms with Crippen molar-refractivity contribution in [3.8, 4) is 0 Å². The summed E-state index contributed by atoms with van der Waals surface area (Å²) >= 11 is 0. The molecule has 1 aliphatic heterocycles. The molecule has 1 aromatic carbocycles. The minimum Gasteiger partial charge on any atom is -0.406 e. The van der Waals surface area contributed by atoms with Crippen molar-refractivity contribution in [3.05, 3.63) is 35.7 Å². The Morgan fingerprint density at radius 1 is 1.39 bits per heavy atom. The SMILES string of the molecule is CC1CCc2ccccc2N1c1nnc(CN)o1. The summed E-state index contributed by atoms with van der Waals surface area (Å²) in [6, 6.07) is 9.23. The second-order valence-electron chi connectivity index (χ2n) is 4.57. The van der Waals surface area contributed by atoms with Crippen LogP contribution in [0.3, 0.4) is 0 Å². The maximum atomic E-state index is 5.58. The van der Waals surface area contributed by atoms with E-state index in [2.05, 4.69) is 40.2 Å². The van der Waals surface area contributed by atoms with Crippen LogP contribution in [-0.2, 0) is 13.0 Å². The van der Waals surface area contributed by atoms with Crippen molar-refractivity contribution in [2.24, 2.45) is 5.73 Å². The maximum absolute atomic E-state index is 5.58. The van der Waals surface area contributed by atoms with Gasteiger partial charge in [0.15, 0.2) is 0 Å². The van der Waals surface area contributed by atoms with Gasteiger partial charge >= 0.3 is 6.01 Å². The largest absolute Gasteiger partial charge is 0.406 e.